The molecule has 0 saturated heterocycles. The van der Waals surface area contributed by atoms with E-state index in [0.717, 1.165) is 83.4 Å². The summed E-state index contributed by atoms with van der Waals surface area (Å²) in [4.78, 5) is 20.6. The minimum absolute atomic E-state index is 0. The third-order valence-electron chi connectivity index (χ3n) is 8.61. The molecule has 0 aromatic carbocycles. The summed E-state index contributed by atoms with van der Waals surface area (Å²) in [6.45, 7) is 14.4. The quantitative estimate of drug-likeness (QED) is 0.303. The topological polar surface area (TPSA) is 106 Å². The fourth-order valence-corrected chi connectivity index (χ4v) is 6.15. The monoisotopic (exact) mass is 593 g/mol. The summed E-state index contributed by atoms with van der Waals surface area (Å²) in [5.41, 5.74) is 29.6. The number of nitrogens with two attached hydrogens (primary N) is 2. The van der Waals surface area contributed by atoms with Crippen LogP contribution < -0.4 is 21.4 Å². The van der Waals surface area contributed by atoms with Gasteiger partial charge in [-0.2, -0.15) is 0 Å². The normalized spacial score (nSPS) is 13.3. The third-order valence-corrected chi connectivity index (χ3v) is 8.61. The van der Waals surface area contributed by atoms with Crippen molar-refractivity contribution in [1.82, 2.24) is 19.9 Å². The van der Waals surface area contributed by atoms with Gasteiger partial charge in [0.1, 0.15) is 0 Å². The summed E-state index contributed by atoms with van der Waals surface area (Å²) in [6, 6.07) is 8.67. The van der Waals surface area contributed by atoms with Gasteiger partial charge in [-0.1, -0.05) is 60.4 Å². The summed E-state index contributed by atoms with van der Waals surface area (Å²) in [6.07, 6.45) is 5.42. The van der Waals surface area contributed by atoms with E-state index in [2.05, 4.69) is 65.8 Å². The van der Waals surface area contributed by atoms with Crippen molar-refractivity contribution in [2.75, 3.05) is 13.1 Å². The molecule has 2 aliphatic rings. The number of rotatable bonds is 8. The molecule has 0 aliphatic carbocycles. The average molecular weight is 594 g/mol. The van der Waals surface area contributed by atoms with Gasteiger partial charge in [0.15, 0.2) is 0 Å². The van der Waals surface area contributed by atoms with Gasteiger partial charge in [0.05, 0.1) is 22.8 Å². The van der Waals surface area contributed by atoms with E-state index in [4.69, 9.17) is 31.4 Å². The predicted octanol–water partition coefficient (Wildman–Crippen LogP) is 6.65. The van der Waals surface area contributed by atoms with Crippen LogP contribution in [0.1, 0.15) is 98.4 Å². The minimum Gasteiger partial charge on any atom is -0.657 e. The van der Waals surface area contributed by atoms with Crippen LogP contribution >= 0.6 is 0 Å². The van der Waals surface area contributed by atoms with E-state index in [1.54, 1.807) is 0 Å². The molecule has 5 heterocycles. The Morgan fingerprint density at radius 1 is 0.585 bits per heavy atom. The SMILES string of the molecule is CCC1=C(C)c2cc3[n-]c(cc4nc(cc5[n-]c(cc1n2)c(C)c5CCCN)C(CCCN)=C4C)c(C)c3CC.[Co+2]. The molecule has 8 bridgehead atoms. The molecule has 2 aliphatic heterocycles. The Bertz CT molecular complexity index is 1680. The summed E-state index contributed by atoms with van der Waals surface area (Å²) in [5.74, 6) is 0. The van der Waals surface area contributed by atoms with Crippen molar-refractivity contribution >= 4 is 44.4 Å². The van der Waals surface area contributed by atoms with Crippen molar-refractivity contribution in [3.8, 4) is 0 Å². The van der Waals surface area contributed by atoms with E-state index in [0.29, 0.717) is 13.1 Å². The fraction of sp³-hybridized carbons (Fsp3) is 0.412. The van der Waals surface area contributed by atoms with Crippen LogP contribution in [0, 0.1) is 13.8 Å². The van der Waals surface area contributed by atoms with Gasteiger partial charge in [-0.25, -0.2) is 9.97 Å². The molecule has 0 saturated carbocycles. The summed E-state index contributed by atoms with van der Waals surface area (Å²) in [5, 5.41) is 0. The van der Waals surface area contributed by atoms with E-state index < -0.39 is 0 Å². The van der Waals surface area contributed by atoms with Gasteiger partial charge in [0.25, 0.3) is 0 Å². The van der Waals surface area contributed by atoms with Crippen LogP contribution in [-0.4, -0.2) is 23.1 Å². The first-order valence-corrected chi connectivity index (χ1v) is 14.7. The predicted molar refractivity (Wildman–Crippen MR) is 169 cm³/mol. The molecule has 217 valence electrons. The third kappa shape index (κ3) is 5.73. The van der Waals surface area contributed by atoms with Crippen molar-refractivity contribution in [1.29, 1.82) is 0 Å². The van der Waals surface area contributed by atoms with Gasteiger partial charge in [-0.15, -0.1) is 22.1 Å². The van der Waals surface area contributed by atoms with E-state index in [9.17, 15) is 0 Å². The molecule has 5 rings (SSSR count). The Morgan fingerprint density at radius 3 is 1.63 bits per heavy atom. The van der Waals surface area contributed by atoms with Crippen molar-refractivity contribution in [2.24, 2.45) is 11.5 Å². The smallest absolute Gasteiger partial charge is 0.657 e. The first-order chi connectivity index (χ1) is 19.3. The Hall–Kier alpha value is -2.97. The number of aromatic nitrogens is 4. The van der Waals surface area contributed by atoms with E-state index in [-0.39, 0.29) is 16.8 Å². The standard InChI is InChI=1S/C34H42N6.Co/c1-7-23-19(3)27-15-28-21(5)25(11-9-13-35)33(39-28)18-34-26(12-10-14-36)22(6)30(40-34)17-32-24(8-2)20(4)29(38-32)16-31(23)37-27;/h15-18H,7-14,35-36H2,1-6H3;/q-2;+2. The molecule has 0 fully saturated rings. The summed E-state index contributed by atoms with van der Waals surface area (Å²) < 4.78 is 0. The molecule has 0 spiro atoms. The van der Waals surface area contributed by atoms with Gasteiger partial charge < -0.3 is 21.4 Å². The number of hydrogen-bond acceptors (Lipinski definition) is 4. The molecule has 41 heavy (non-hydrogen) atoms. The zero-order valence-electron chi connectivity index (χ0n) is 25.2. The fourth-order valence-electron chi connectivity index (χ4n) is 6.15. The molecular weight excluding hydrogens is 551 g/mol. The molecule has 0 atom stereocenters. The van der Waals surface area contributed by atoms with Crippen LogP contribution in [0.3, 0.4) is 0 Å². The molecule has 6 nitrogen and oxygen atoms in total. The van der Waals surface area contributed by atoms with E-state index in [1.165, 1.54) is 44.5 Å². The Balaban J connectivity index is 0.00000387. The first kappa shape index (κ1) is 31.0. The number of fused-ring (bicyclic) bond motifs is 8. The van der Waals surface area contributed by atoms with E-state index >= 15 is 0 Å². The minimum atomic E-state index is 0. The molecule has 4 N–H and O–H groups in total. The Morgan fingerprint density at radius 2 is 1.05 bits per heavy atom. The van der Waals surface area contributed by atoms with Crippen molar-refractivity contribution in [2.45, 2.75) is 80.1 Å². The number of allylic oxidation sites excluding steroid dienone is 4. The maximum Gasteiger partial charge on any atom is 2.00 e. The average Bonchev–Trinajstić information content (AvgIpc) is 3.59. The zero-order chi connectivity index (χ0) is 28.6. The Kier molecular flexibility index (Phi) is 9.75. The van der Waals surface area contributed by atoms with Crippen LogP contribution in [0.25, 0.3) is 44.4 Å². The van der Waals surface area contributed by atoms with Gasteiger partial charge in [0, 0.05) is 0 Å². The van der Waals surface area contributed by atoms with Crippen LogP contribution in [0.2, 0.25) is 0 Å². The van der Waals surface area contributed by atoms with Crippen LogP contribution in [0.15, 0.2) is 24.3 Å². The Labute approximate surface area is 254 Å². The van der Waals surface area contributed by atoms with Crippen LogP contribution in [0.4, 0.5) is 0 Å². The van der Waals surface area contributed by atoms with Crippen molar-refractivity contribution in [3.05, 3.63) is 69.3 Å². The second-order valence-corrected chi connectivity index (χ2v) is 11.0. The van der Waals surface area contributed by atoms with Crippen molar-refractivity contribution in [3.63, 3.8) is 0 Å². The second-order valence-electron chi connectivity index (χ2n) is 11.0. The molecule has 7 heteroatoms. The van der Waals surface area contributed by atoms with Crippen LogP contribution in [-0.2, 0) is 29.6 Å². The zero-order valence-corrected chi connectivity index (χ0v) is 26.3. The molecule has 1 radical (unpaired) electrons. The molecule has 3 aromatic rings. The van der Waals surface area contributed by atoms with Crippen molar-refractivity contribution < 1.29 is 16.8 Å². The largest absolute Gasteiger partial charge is 2.00 e. The molecule has 0 unspecified atom stereocenters. The molecular formula is C34H42CoN6. The maximum atomic E-state index is 5.94. The maximum absolute atomic E-state index is 5.94. The summed E-state index contributed by atoms with van der Waals surface area (Å²) in [7, 11) is 0. The number of aryl methyl sites for hydroxylation is 4. The van der Waals surface area contributed by atoms with E-state index in [1.807, 2.05) is 0 Å². The van der Waals surface area contributed by atoms with Gasteiger partial charge >= 0.3 is 16.8 Å². The number of nitrogens with zero attached hydrogens (tertiary/aromatic N) is 4. The van der Waals surface area contributed by atoms with Gasteiger partial charge in [-0.3, -0.25) is 0 Å². The van der Waals surface area contributed by atoms with Gasteiger partial charge in [0.2, 0.25) is 0 Å². The second kappa shape index (κ2) is 12.9. The number of hydrogen-bond donors (Lipinski definition) is 2. The first-order valence-electron chi connectivity index (χ1n) is 14.7. The molecule has 3 aromatic heterocycles. The molecule has 0 amide bonds. The van der Waals surface area contributed by atoms with Crippen LogP contribution in [0.5, 0.6) is 0 Å². The summed E-state index contributed by atoms with van der Waals surface area (Å²) >= 11 is 0. The van der Waals surface area contributed by atoms with Gasteiger partial charge in [-0.05, 0) is 102 Å².